The summed E-state index contributed by atoms with van der Waals surface area (Å²) in [6.45, 7) is 0. The average Bonchev–Trinajstić information content (AvgIpc) is 2.77. The molecule has 0 radical (unpaired) electrons. The van der Waals surface area contributed by atoms with Gasteiger partial charge in [0.2, 0.25) is 0 Å². The van der Waals surface area contributed by atoms with E-state index in [4.69, 9.17) is 11.6 Å². The largest absolute Gasteiger partial charge is 0.506 e. The molecular weight excluding hydrogens is 318 g/mol. The molecule has 3 aromatic rings. The summed E-state index contributed by atoms with van der Waals surface area (Å²) in [5.74, 6) is -0.808. The average molecular weight is 326 g/mol. The van der Waals surface area contributed by atoms with Gasteiger partial charge < -0.3 is 5.11 Å². The van der Waals surface area contributed by atoms with Gasteiger partial charge in [0.05, 0.1) is 28.4 Å². The molecular formula is C16H8ClN3O3. The number of anilines is 1. The number of rotatable bonds is 1. The van der Waals surface area contributed by atoms with Crippen LogP contribution in [0.4, 0.5) is 5.82 Å². The molecule has 0 saturated heterocycles. The zero-order valence-corrected chi connectivity index (χ0v) is 12.3. The monoisotopic (exact) mass is 325 g/mol. The Labute approximate surface area is 135 Å². The van der Waals surface area contributed by atoms with Gasteiger partial charge in [0.25, 0.3) is 11.8 Å². The smallest absolute Gasteiger partial charge is 0.267 e. The summed E-state index contributed by atoms with van der Waals surface area (Å²) in [6, 6.07) is 9.13. The molecule has 4 rings (SSSR count). The molecule has 0 saturated carbocycles. The van der Waals surface area contributed by atoms with Crippen molar-refractivity contribution >= 4 is 40.3 Å². The molecule has 2 aromatic heterocycles. The first-order valence-corrected chi connectivity index (χ1v) is 7.06. The Bertz CT molecular complexity index is 1000. The number of pyridine rings is 2. The van der Waals surface area contributed by atoms with Gasteiger partial charge in [-0.3, -0.25) is 14.6 Å². The molecule has 0 unspecified atom stereocenters. The Morgan fingerprint density at radius 1 is 0.957 bits per heavy atom. The van der Waals surface area contributed by atoms with Crippen LogP contribution in [0.1, 0.15) is 20.7 Å². The zero-order chi connectivity index (χ0) is 16.1. The van der Waals surface area contributed by atoms with E-state index in [2.05, 4.69) is 9.97 Å². The third-order valence-corrected chi connectivity index (χ3v) is 3.82. The second-order valence-corrected chi connectivity index (χ2v) is 5.47. The lowest BCUT2D eigenvalue weighted by atomic mass is 10.1. The van der Waals surface area contributed by atoms with Gasteiger partial charge in [-0.25, -0.2) is 9.88 Å². The highest BCUT2D eigenvalue weighted by Gasteiger charge is 2.37. The van der Waals surface area contributed by atoms with Crippen LogP contribution < -0.4 is 4.90 Å². The SMILES string of the molecule is O=C1c2ccc(Cl)cc2C(=O)N1c1ccc2ncc(O)cc2n1. The molecule has 0 spiro atoms. The molecule has 1 aliphatic rings. The van der Waals surface area contributed by atoms with E-state index in [1.54, 1.807) is 12.1 Å². The van der Waals surface area contributed by atoms with Crippen molar-refractivity contribution in [1.29, 1.82) is 0 Å². The Kier molecular flexibility index (Phi) is 2.82. The van der Waals surface area contributed by atoms with Crippen molar-refractivity contribution in [1.82, 2.24) is 9.97 Å². The molecule has 6 nitrogen and oxygen atoms in total. The van der Waals surface area contributed by atoms with Crippen LogP contribution in [0.25, 0.3) is 11.0 Å². The first-order valence-electron chi connectivity index (χ1n) is 6.69. The molecule has 23 heavy (non-hydrogen) atoms. The number of halogens is 1. The predicted octanol–water partition coefficient (Wildman–Crippen LogP) is 2.79. The Balaban J connectivity index is 1.85. The summed E-state index contributed by atoms with van der Waals surface area (Å²) >= 11 is 5.89. The summed E-state index contributed by atoms with van der Waals surface area (Å²) < 4.78 is 0. The Morgan fingerprint density at radius 2 is 1.74 bits per heavy atom. The zero-order valence-electron chi connectivity index (χ0n) is 11.5. The van der Waals surface area contributed by atoms with Gasteiger partial charge in [-0.15, -0.1) is 0 Å². The standard InChI is InChI=1S/C16H8ClN3O3/c17-8-1-2-10-11(5-8)16(23)20(15(10)22)14-4-3-12-13(19-14)6-9(21)7-18-12/h1-7,21H. The molecule has 112 valence electrons. The number of carbonyl (C=O) groups excluding carboxylic acids is 2. The topological polar surface area (TPSA) is 83.4 Å². The van der Waals surface area contributed by atoms with Gasteiger partial charge in [-0.1, -0.05) is 11.6 Å². The second kappa shape index (κ2) is 4.76. The quantitative estimate of drug-likeness (QED) is 0.695. The third kappa shape index (κ3) is 2.03. The lowest BCUT2D eigenvalue weighted by Crippen LogP contribution is -2.30. The van der Waals surface area contributed by atoms with Gasteiger partial charge in [0.1, 0.15) is 11.6 Å². The van der Waals surface area contributed by atoms with Crippen molar-refractivity contribution in [3.05, 3.63) is 58.7 Å². The van der Waals surface area contributed by atoms with Crippen molar-refractivity contribution in [3.8, 4) is 5.75 Å². The molecule has 0 fully saturated rings. The van der Waals surface area contributed by atoms with E-state index in [9.17, 15) is 14.7 Å². The van der Waals surface area contributed by atoms with E-state index in [1.165, 1.54) is 30.5 Å². The van der Waals surface area contributed by atoms with Crippen molar-refractivity contribution in [2.75, 3.05) is 4.90 Å². The Hall–Kier alpha value is -2.99. The lowest BCUT2D eigenvalue weighted by Gasteiger charge is -2.13. The number of fused-ring (bicyclic) bond motifs is 2. The summed E-state index contributed by atoms with van der Waals surface area (Å²) in [5, 5.41) is 9.88. The molecule has 1 aromatic carbocycles. The first-order chi connectivity index (χ1) is 11.0. The highest BCUT2D eigenvalue weighted by molar-refractivity contribution is 6.36. The number of imide groups is 1. The molecule has 0 atom stereocenters. The summed E-state index contributed by atoms with van der Waals surface area (Å²) in [4.78, 5) is 34.2. The van der Waals surface area contributed by atoms with E-state index in [0.29, 0.717) is 16.1 Å². The minimum atomic E-state index is -0.479. The van der Waals surface area contributed by atoms with Crippen LogP contribution in [0.2, 0.25) is 5.02 Å². The fourth-order valence-corrected chi connectivity index (χ4v) is 2.70. The minimum Gasteiger partial charge on any atom is -0.506 e. The maximum absolute atomic E-state index is 12.5. The third-order valence-electron chi connectivity index (χ3n) is 3.59. The van der Waals surface area contributed by atoms with Gasteiger partial charge in [0.15, 0.2) is 0 Å². The van der Waals surface area contributed by atoms with Gasteiger partial charge >= 0.3 is 0 Å². The number of nitrogens with zero attached hydrogens (tertiary/aromatic N) is 3. The number of amides is 2. The molecule has 1 aliphatic heterocycles. The number of benzene rings is 1. The van der Waals surface area contributed by atoms with Crippen LogP contribution in [-0.2, 0) is 0 Å². The van der Waals surface area contributed by atoms with Crippen LogP contribution in [0.3, 0.4) is 0 Å². The Morgan fingerprint density at radius 3 is 2.57 bits per heavy atom. The van der Waals surface area contributed by atoms with Crippen LogP contribution in [0.15, 0.2) is 42.6 Å². The highest BCUT2D eigenvalue weighted by atomic mass is 35.5. The molecule has 0 bridgehead atoms. The number of aromatic hydroxyl groups is 1. The molecule has 0 aliphatic carbocycles. The van der Waals surface area contributed by atoms with Crippen LogP contribution >= 0.6 is 11.6 Å². The fourth-order valence-electron chi connectivity index (χ4n) is 2.53. The van der Waals surface area contributed by atoms with Crippen LogP contribution in [0, 0.1) is 0 Å². The molecule has 7 heteroatoms. The number of hydrogen-bond acceptors (Lipinski definition) is 5. The fraction of sp³-hybridized carbons (Fsp3) is 0. The van der Waals surface area contributed by atoms with E-state index < -0.39 is 11.8 Å². The number of aromatic nitrogens is 2. The van der Waals surface area contributed by atoms with Crippen molar-refractivity contribution in [2.45, 2.75) is 0 Å². The molecule has 3 heterocycles. The number of carbonyl (C=O) groups is 2. The van der Waals surface area contributed by atoms with E-state index >= 15 is 0 Å². The van der Waals surface area contributed by atoms with Crippen molar-refractivity contribution in [2.24, 2.45) is 0 Å². The normalized spacial score (nSPS) is 13.7. The van der Waals surface area contributed by atoms with Crippen LogP contribution in [-0.4, -0.2) is 26.9 Å². The van der Waals surface area contributed by atoms with Gasteiger partial charge in [-0.2, -0.15) is 0 Å². The van der Waals surface area contributed by atoms with E-state index in [-0.39, 0.29) is 22.7 Å². The highest BCUT2D eigenvalue weighted by Crippen LogP contribution is 2.30. The van der Waals surface area contributed by atoms with Gasteiger partial charge in [0, 0.05) is 11.1 Å². The molecule has 1 N–H and O–H groups in total. The lowest BCUT2D eigenvalue weighted by molar-refractivity contribution is 0.0925. The summed E-state index contributed by atoms with van der Waals surface area (Å²) in [6.07, 6.45) is 1.30. The minimum absolute atomic E-state index is 0.0451. The maximum atomic E-state index is 12.5. The molecule has 2 amide bonds. The van der Waals surface area contributed by atoms with Crippen molar-refractivity contribution in [3.63, 3.8) is 0 Å². The predicted molar refractivity (Wildman–Crippen MR) is 83.8 cm³/mol. The maximum Gasteiger partial charge on any atom is 0.267 e. The van der Waals surface area contributed by atoms with Crippen LogP contribution in [0.5, 0.6) is 5.75 Å². The van der Waals surface area contributed by atoms with Crippen molar-refractivity contribution < 1.29 is 14.7 Å². The summed E-state index contributed by atoms with van der Waals surface area (Å²) in [5.41, 5.74) is 1.47. The number of hydrogen-bond donors (Lipinski definition) is 1. The first kappa shape index (κ1) is 13.7. The van der Waals surface area contributed by atoms with Gasteiger partial charge in [-0.05, 0) is 30.3 Å². The van der Waals surface area contributed by atoms with E-state index in [1.807, 2.05) is 0 Å². The second-order valence-electron chi connectivity index (χ2n) is 5.04. The summed E-state index contributed by atoms with van der Waals surface area (Å²) in [7, 11) is 0. The van der Waals surface area contributed by atoms with E-state index in [0.717, 1.165) is 4.90 Å².